The van der Waals surface area contributed by atoms with E-state index in [2.05, 4.69) is 0 Å². The Morgan fingerprint density at radius 3 is 2.54 bits per heavy atom. The van der Waals surface area contributed by atoms with Crippen LogP contribution in [0.2, 0.25) is 0 Å². The molecule has 0 aromatic rings. The van der Waals surface area contributed by atoms with Gasteiger partial charge in [-0.05, 0) is 32.3 Å². The van der Waals surface area contributed by atoms with Crippen LogP contribution in [0.1, 0.15) is 39.5 Å². The van der Waals surface area contributed by atoms with Gasteiger partial charge >= 0.3 is 0 Å². The lowest BCUT2D eigenvalue weighted by Crippen LogP contribution is -2.29. The third-order valence-electron chi connectivity index (χ3n) is 3.61. The van der Waals surface area contributed by atoms with Crippen LogP contribution in [0.5, 0.6) is 0 Å². The molecule has 2 heteroatoms. The smallest absolute Gasteiger partial charge is 0.158 e. The van der Waals surface area contributed by atoms with Crippen molar-refractivity contribution in [2.75, 3.05) is 0 Å². The maximum Gasteiger partial charge on any atom is 0.158 e. The van der Waals surface area contributed by atoms with Gasteiger partial charge in [0.1, 0.15) is 5.78 Å². The van der Waals surface area contributed by atoms with Gasteiger partial charge in [-0.15, -0.1) is 0 Å². The molecule has 1 atom stereocenters. The number of rotatable bonds is 0. The summed E-state index contributed by atoms with van der Waals surface area (Å²) < 4.78 is 0. The summed E-state index contributed by atoms with van der Waals surface area (Å²) in [6, 6.07) is 0. The van der Waals surface area contributed by atoms with E-state index in [1.165, 1.54) is 0 Å². The molecule has 0 saturated heterocycles. The average Bonchev–Trinajstić information content (AvgIpc) is 2.39. The van der Waals surface area contributed by atoms with Crippen molar-refractivity contribution < 1.29 is 9.59 Å². The van der Waals surface area contributed by atoms with Gasteiger partial charge in [-0.2, -0.15) is 0 Å². The normalized spacial score (nSPS) is 34.0. The molecule has 2 aliphatic rings. The number of carbonyl (C=O) groups is 2. The molecule has 0 aromatic carbocycles. The van der Waals surface area contributed by atoms with Crippen LogP contribution in [0.4, 0.5) is 0 Å². The first-order valence-electron chi connectivity index (χ1n) is 4.82. The molecule has 70 valence electrons. The molecule has 2 rings (SSSR count). The predicted molar refractivity (Wildman–Crippen MR) is 49.3 cm³/mol. The molecule has 2 aliphatic carbocycles. The molecule has 0 N–H and O–H groups in total. The van der Waals surface area contributed by atoms with Crippen molar-refractivity contribution in [3.8, 4) is 0 Å². The second-order valence-corrected chi connectivity index (χ2v) is 4.28. The third-order valence-corrected chi connectivity index (χ3v) is 3.61. The number of hydrogen-bond acceptors (Lipinski definition) is 2. The average molecular weight is 178 g/mol. The van der Waals surface area contributed by atoms with Crippen LogP contribution in [0.3, 0.4) is 0 Å². The zero-order valence-corrected chi connectivity index (χ0v) is 8.14. The Balaban J connectivity index is 2.54. The molecule has 13 heavy (non-hydrogen) atoms. The number of Topliss-reactive ketones (excluding diaryl/α,β-unsaturated/α-hetero) is 2. The Morgan fingerprint density at radius 2 is 1.85 bits per heavy atom. The molecule has 0 aromatic heterocycles. The van der Waals surface area contributed by atoms with E-state index in [4.69, 9.17) is 0 Å². The van der Waals surface area contributed by atoms with Crippen molar-refractivity contribution in [2.24, 2.45) is 5.41 Å². The summed E-state index contributed by atoms with van der Waals surface area (Å²) in [5.74, 6) is 0.566. The summed E-state index contributed by atoms with van der Waals surface area (Å²) in [4.78, 5) is 23.1. The van der Waals surface area contributed by atoms with E-state index in [1.807, 2.05) is 13.8 Å². The molecule has 0 heterocycles. The van der Waals surface area contributed by atoms with Gasteiger partial charge in [0.15, 0.2) is 5.78 Å². The first-order chi connectivity index (χ1) is 6.05. The summed E-state index contributed by atoms with van der Waals surface area (Å²) in [5.41, 5.74) is 1.70. The molecule has 0 aliphatic heterocycles. The molecule has 0 amide bonds. The lowest BCUT2D eigenvalue weighted by Gasteiger charge is -2.29. The summed E-state index contributed by atoms with van der Waals surface area (Å²) >= 11 is 0. The molecule has 0 spiro atoms. The van der Waals surface area contributed by atoms with Crippen molar-refractivity contribution in [1.29, 1.82) is 0 Å². The van der Waals surface area contributed by atoms with Gasteiger partial charge in [-0.1, -0.05) is 5.57 Å². The molecule has 0 radical (unpaired) electrons. The second-order valence-electron chi connectivity index (χ2n) is 4.28. The van der Waals surface area contributed by atoms with Gasteiger partial charge < -0.3 is 0 Å². The highest BCUT2D eigenvalue weighted by atomic mass is 16.1. The summed E-state index contributed by atoms with van der Waals surface area (Å²) in [6.07, 6.45) is 2.73. The molecule has 1 fully saturated rings. The van der Waals surface area contributed by atoms with Crippen LogP contribution >= 0.6 is 0 Å². The van der Waals surface area contributed by atoms with Gasteiger partial charge in [-0.25, -0.2) is 0 Å². The van der Waals surface area contributed by atoms with E-state index in [0.717, 1.165) is 24.0 Å². The summed E-state index contributed by atoms with van der Waals surface area (Å²) in [6.45, 7) is 3.86. The molecular weight excluding hydrogens is 164 g/mol. The van der Waals surface area contributed by atoms with Crippen LogP contribution in [0.25, 0.3) is 0 Å². The first kappa shape index (κ1) is 8.67. The zero-order chi connectivity index (χ0) is 9.64. The predicted octanol–water partition coefficient (Wildman–Crippen LogP) is 2.04. The fraction of sp³-hybridized carbons (Fsp3) is 0.636. The highest BCUT2D eigenvalue weighted by molar-refractivity contribution is 6.02. The van der Waals surface area contributed by atoms with Crippen LogP contribution in [0, 0.1) is 5.41 Å². The van der Waals surface area contributed by atoms with Crippen molar-refractivity contribution in [2.45, 2.75) is 39.5 Å². The van der Waals surface area contributed by atoms with Crippen LogP contribution in [0.15, 0.2) is 11.1 Å². The van der Waals surface area contributed by atoms with Crippen LogP contribution in [-0.2, 0) is 9.59 Å². The Morgan fingerprint density at radius 1 is 1.15 bits per heavy atom. The Kier molecular flexibility index (Phi) is 1.69. The minimum absolute atomic E-state index is 0.238. The van der Waals surface area contributed by atoms with Gasteiger partial charge in [0.2, 0.25) is 0 Å². The second kappa shape index (κ2) is 2.53. The lowest BCUT2D eigenvalue weighted by molar-refractivity contribution is -0.125. The van der Waals surface area contributed by atoms with E-state index >= 15 is 0 Å². The summed E-state index contributed by atoms with van der Waals surface area (Å²) in [5, 5.41) is 0. The third kappa shape index (κ3) is 1.01. The van der Waals surface area contributed by atoms with Crippen LogP contribution in [-0.4, -0.2) is 11.6 Å². The van der Waals surface area contributed by atoms with E-state index in [-0.39, 0.29) is 11.2 Å². The number of ketones is 2. The van der Waals surface area contributed by atoms with Crippen molar-refractivity contribution in [3.63, 3.8) is 0 Å². The van der Waals surface area contributed by atoms with Gasteiger partial charge in [-0.3, -0.25) is 9.59 Å². The van der Waals surface area contributed by atoms with E-state index in [9.17, 15) is 9.59 Å². The monoisotopic (exact) mass is 178 g/mol. The lowest BCUT2D eigenvalue weighted by atomic mass is 9.72. The highest BCUT2D eigenvalue weighted by Gasteiger charge is 2.45. The number of hydrogen-bond donors (Lipinski definition) is 0. The van der Waals surface area contributed by atoms with Crippen molar-refractivity contribution >= 4 is 11.6 Å². The Hall–Kier alpha value is -0.920. The maximum atomic E-state index is 11.6. The van der Waals surface area contributed by atoms with Crippen molar-refractivity contribution in [3.05, 3.63) is 11.1 Å². The molecule has 1 saturated carbocycles. The standard InChI is InChI=1S/C11H14O2/c1-7-8-3-4-10(13)11(8,2)6-5-9(7)12/h3-6H2,1-2H3/t11-/m1/s1. The first-order valence-corrected chi connectivity index (χ1v) is 4.82. The molecular formula is C11H14O2. The molecule has 2 nitrogen and oxygen atoms in total. The summed E-state index contributed by atoms with van der Waals surface area (Å²) in [7, 11) is 0. The van der Waals surface area contributed by atoms with Gasteiger partial charge in [0.05, 0.1) is 0 Å². The van der Waals surface area contributed by atoms with Crippen molar-refractivity contribution in [1.82, 2.24) is 0 Å². The fourth-order valence-corrected chi connectivity index (χ4v) is 2.57. The number of allylic oxidation sites excluding steroid dienone is 2. The number of carbonyl (C=O) groups excluding carboxylic acids is 2. The van der Waals surface area contributed by atoms with Gasteiger partial charge in [0.25, 0.3) is 0 Å². The Labute approximate surface area is 78.0 Å². The largest absolute Gasteiger partial charge is 0.299 e. The minimum Gasteiger partial charge on any atom is -0.299 e. The highest BCUT2D eigenvalue weighted by Crippen LogP contribution is 2.47. The van der Waals surface area contributed by atoms with Crippen LogP contribution < -0.4 is 0 Å². The topological polar surface area (TPSA) is 34.1 Å². The fourth-order valence-electron chi connectivity index (χ4n) is 2.57. The van der Waals surface area contributed by atoms with E-state index in [0.29, 0.717) is 18.6 Å². The maximum absolute atomic E-state index is 11.6. The van der Waals surface area contributed by atoms with E-state index in [1.54, 1.807) is 0 Å². The molecule has 0 bridgehead atoms. The zero-order valence-electron chi connectivity index (χ0n) is 8.14. The minimum atomic E-state index is -0.280. The Bertz CT molecular complexity index is 325. The SMILES string of the molecule is CC1=C2CCC(=O)[C@]2(C)CCC1=O. The number of fused-ring (bicyclic) bond motifs is 1. The quantitative estimate of drug-likeness (QED) is 0.568. The molecule has 0 unspecified atom stereocenters. The van der Waals surface area contributed by atoms with E-state index < -0.39 is 0 Å². The van der Waals surface area contributed by atoms with Gasteiger partial charge in [0, 0.05) is 18.3 Å².